The minimum atomic E-state index is -0.317. The summed E-state index contributed by atoms with van der Waals surface area (Å²) < 4.78 is 0. The molecule has 3 heteroatoms. The van der Waals surface area contributed by atoms with Gasteiger partial charge in [-0.25, -0.2) is 0 Å². The first-order valence-electron chi connectivity index (χ1n) is 6.03. The third-order valence-electron chi connectivity index (χ3n) is 3.61. The predicted molar refractivity (Wildman–Crippen MR) is 62.4 cm³/mol. The van der Waals surface area contributed by atoms with Crippen LogP contribution in [-0.2, 0) is 4.79 Å². The average Bonchev–Trinajstić information content (AvgIpc) is 2.54. The first-order valence-corrected chi connectivity index (χ1v) is 6.03. The Hall–Kier alpha value is -0.570. The summed E-state index contributed by atoms with van der Waals surface area (Å²) in [6.45, 7) is 9.31. The number of carbonyl (C=O) groups excluding carboxylic acids is 1. The molecule has 0 spiro atoms. The molecule has 0 aromatic rings. The van der Waals surface area contributed by atoms with Crippen LogP contribution in [0.2, 0.25) is 0 Å². The van der Waals surface area contributed by atoms with E-state index in [1.165, 1.54) is 0 Å². The molecule has 0 bridgehead atoms. The van der Waals surface area contributed by atoms with Crippen molar-refractivity contribution in [1.29, 1.82) is 0 Å². The minimum Gasteiger partial charge on any atom is -0.338 e. The van der Waals surface area contributed by atoms with Gasteiger partial charge in [-0.1, -0.05) is 27.2 Å². The molecule has 4 atom stereocenters. The number of hydrogen-bond donors (Lipinski definition) is 1. The van der Waals surface area contributed by atoms with Gasteiger partial charge in [-0.05, 0) is 25.2 Å². The second-order valence-electron chi connectivity index (χ2n) is 5.09. The fourth-order valence-corrected chi connectivity index (χ4v) is 2.30. The van der Waals surface area contributed by atoms with Crippen molar-refractivity contribution in [2.24, 2.45) is 17.6 Å². The lowest BCUT2D eigenvalue weighted by Gasteiger charge is -2.27. The topological polar surface area (TPSA) is 46.3 Å². The third kappa shape index (κ3) is 2.71. The molecule has 0 aromatic heterocycles. The van der Waals surface area contributed by atoms with Crippen molar-refractivity contribution in [1.82, 2.24) is 4.90 Å². The van der Waals surface area contributed by atoms with Gasteiger partial charge in [0.25, 0.3) is 0 Å². The van der Waals surface area contributed by atoms with Crippen LogP contribution in [0.25, 0.3) is 0 Å². The maximum absolute atomic E-state index is 12.1. The average molecular weight is 212 g/mol. The summed E-state index contributed by atoms with van der Waals surface area (Å²) in [7, 11) is 0. The Balaban J connectivity index is 2.60. The number of carbonyl (C=O) groups is 1. The summed E-state index contributed by atoms with van der Waals surface area (Å²) in [5.74, 6) is 1.04. The molecular formula is C12H24N2O. The summed E-state index contributed by atoms with van der Waals surface area (Å²) in [6.07, 6.45) is 2.07. The summed E-state index contributed by atoms with van der Waals surface area (Å²) in [6, 6.07) is 0.0466. The molecule has 1 fully saturated rings. The molecular weight excluding hydrogens is 188 g/mol. The van der Waals surface area contributed by atoms with Crippen LogP contribution in [0, 0.1) is 11.8 Å². The standard InChI is InChI=1S/C12H24N2O/c1-5-9(3)11(13)12(15)14-7-8(2)6-10(14)4/h8-11H,5-7,13H2,1-4H3/t8?,9-,10?,11-/m0/s1. The van der Waals surface area contributed by atoms with Gasteiger partial charge in [0.05, 0.1) is 6.04 Å². The Morgan fingerprint density at radius 3 is 2.53 bits per heavy atom. The van der Waals surface area contributed by atoms with Crippen LogP contribution in [0.3, 0.4) is 0 Å². The van der Waals surface area contributed by atoms with Gasteiger partial charge in [0, 0.05) is 12.6 Å². The lowest BCUT2D eigenvalue weighted by Crippen LogP contribution is -2.48. The highest BCUT2D eigenvalue weighted by Gasteiger charge is 2.33. The maximum atomic E-state index is 12.1. The molecule has 0 aliphatic carbocycles. The van der Waals surface area contributed by atoms with Gasteiger partial charge in [0.1, 0.15) is 0 Å². The molecule has 3 nitrogen and oxygen atoms in total. The van der Waals surface area contributed by atoms with Crippen LogP contribution in [0.15, 0.2) is 0 Å². The number of amides is 1. The van der Waals surface area contributed by atoms with Gasteiger partial charge in [0.15, 0.2) is 0 Å². The number of likely N-dealkylation sites (tertiary alicyclic amines) is 1. The van der Waals surface area contributed by atoms with E-state index >= 15 is 0 Å². The van der Waals surface area contributed by atoms with Crippen molar-refractivity contribution in [3.63, 3.8) is 0 Å². The highest BCUT2D eigenvalue weighted by Crippen LogP contribution is 2.23. The van der Waals surface area contributed by atoms with Gasteiger partial charge in [-0.3, -0.25) is 4.79 Å². The van der Waals surface area contributed by atoms with Crippen molar-refractivity contribution in [2.45, 2.75) is 52.6 Å². The van der Waals surface area contributed by atoms with E-state index in [2.05, 4.69) is 20.8 Å². The van der Waals surface area contributed by atoms with Gasteiger partial charge in [0.2, 0.25) is 5.91 Å². The molecule has 1 rings (SSSR count). The first-order chi connectivity index (χ1) is 6.97. The van der Waals surface area contributed by atoms with Crippen LogP contribution < -0.4 is 5.73 Å². The summed E-state index contributed by atoms with van der Waals surface area (Å²) in [5, 5.41) is 0. The summed E-state index contributed by atoms with van der Waals surface area (Å²) >= 11 is 0. The fourth-order valence-electron chi connectivity index (χ4n) is 2.30. The first kappa shape index (κ1) is 12.5. The lowest BCUT2D eigenvalue weighted by atomic mass is 9.99. The molecule has 1 amide bonds. The largest absolute Gasteiger partial charge is 0.338 e. The van der Waals surface area contributed by atoms with Crippen LogP contribution in [0.5, 0.6) is 0 Å². The van der Waals surface area contributed by atoms with Crippen LogP contribution >= 0.6 is 0 Å². The Bertz CT molecular complexity index is 230. The third-order valence-corrected chi connectivity index (χ3v) is 3.61. The lowest BCUT2D eigenvalue weighted by molar-refractivity contribution is -0.134. The Morgan fingerprint density at radius 1 is 1.53 bits per heavy atom. The van der Waals surface area contributed by atoms with Gasteiger partial charge < -0.3 is 10.6 Å². The van der Waals surface area contributed by atoms with E-state index in [0.717, 1.165) is 19.4 Å². The number of rotatable bonds is 3. The minimum absolute atomic E-state index is 0.140. The smallest absolute Gasteiger partial charge is 0.240 e. The molecule has 1 aliphatic rings. The zero-order valence-electron chi connectivity index (χ0n) is 10.4. The van der Waals surface area contributed by atoms with E-state index in [0.29, 0.717) is 12.0 Å². The van der Waals surface area contributed by atoms with Crippen LogP contribution in [0.1, 0.15) is 40.5 Å². The highest BCUT2D eigenvalue weighted by molar-refractivity contribution is 5.82. The normalized spacial score (nSPS) is 30.3. The van der Waals surface area contributed by atoms with Gasteiger partial charge in [-0.2, -0.15) is 0 Å². The Kier molecular flexibility index (Phi) is 4.14. The van der Waals surface area contributed by atoms with E-state index in [1.807, 2.05) is 11.8 Å². The molecule has 1 saturated heterocycles. The summed E-state index contributed by atoms with van der Waals surface area (Å²) in [5.41, 5.74) is 5.97. The molecule has 0 radical (unpaired) electrons. The van der Waals surface area contributed by atoms with Crippen molar-refractivity contribution in [3.05, 3.63) is 0 Å². The highest BCUT2D eigenvalue weighted by atomic mass is 16.2. The van der Waals surface area contributed by atoms with Crippen molar-refractivity contribution in [2.75, 3.05) is 6.54 Å². The maximum Gasteiger partial charge on any atom is 0.240 e. The molecule has 2 N–H and O–H groups in total. The van der Waals surface area contributed by atoms with Crippen molar-refractivity contribution in [3.8, 4) is 0 Å². The summed E-state index contributed by atoms with van der Waals surface area (Å²) in [4.78, 5) is 14.1. The molecule has 2 unspecified atom stereocenters. The molecule has 0 saturated carbocycles. The second-order valence-corrected chi connectivity index (χ2v) is 5.09. The zero-order valence-corrected chi connectivity index (χ0v) is 10.4. The number of nitrogens with two attached hydrogens (primary N) is 1. The Labute approximate surface area is 93.0 Å². The van der Waals surface area contributed by atoms with Crippen LogP contribution in [-0.4, -0.2) is 29.4 Å². The van der Waals surface area contributed by atoms with E-state index in [1.54, 1.807) is 0 Å². The Morgan fingerprint density at radius 2 is 2.13 bits per heavy atom. The van der Waals surface area contributed by atoms with Crippen LogP contribution in [0.4, 0.5) is 0 Å². The van der Waals surface area contributed by atoms with E-state index < -0.39 is 0 Å². The van der Waals surface area contributed by atoms with E-state index in [4.69, 9.17) is 5.73 Å². The molecule has 15 heavy (non-hydrogen) atoms. The van der Waals surface area contributed by atoms with Gasteiger partial charge >= 0.3 is 0 Å². The molecule has 1 heterocycles. The van der Waals surface area contributed by atoms with E-state index in [9.17, 15) is 4.79 Å². The number of hydrogen-bond acceptors (Lipinski definition) is 2. The molecule has 1 aliphatic heterocycles. The monoisotopic (exact) mass is 212 g/mol. The predicted octanol–water partition coefficient (Wildman–Crippen LogP) is 1.62. The SMILES string of the molecule is CC[C@H](C)[C@H](N)C(=O)N1CC(C)CC1C. The van der Waals surface area contributed by atoms with Gasteiger partial charge in [-0.15, -0.1) is 0 Å². The quantitative estimate of drug-likeness (QED) is 0.772. The zero-order chi connectivity index (χ0) is 11.6. The fraction of sp³-hybridized carbons (Fsp3) is 0.917. The van der Waals surface area contributed by atoms with Crippen molar-refractivity contribution < 1.29 is 4.79 Å². The van der Waals surface area contributed by atoms with E-state index in [-0.39, 0.29) is 17.9 Å². The second kappa shape index (κ2) is 4.97. The molecule has 0 aromatic carbocycles. The number of nitrogens with zero attached hydrogens (tertiary/aromatic N) is 1. The molecule has 88 valence electrons. The van der Waals surface area contributed by atoms with Crippen molar-refractivity contribution >= 4 is 5.91 Å².